The maximum atomic E-state index is 12.6. The molecule has 2 aromatic heterocycles. The third-order valence-corrected chi connectivity index (χ3v) is 7.68. The summed E-state index contributed by atoms with van der Waals surface area (Å²) >= 11 is 0. The summed E-state index contributed by atoms with van der Waals surface area (Å²) in [5, 5.41) is 18.4. The highest BCUT2D eigenvalue weighted by atomic mass is 32.2. The molecule has 2 aliphatic rings. The molecule has 2 aliphatic heterocycles. The van der Waals surface area contributed by atoms with E-state index >= 15 is 0 Å². The van der Waals surface area contributed by atoms with Gasteiger partial charge in [0.25, 0.3) is 0 Å². The van der Waals surface area contributed by atoms with Gasteiger partial charge in [-0.1, -0.05) is 31.1 Å². The molecule has 1 unspecified atom stereocenters. The minimum atomic E-state index is -1.11. The first-order valence-corrected chi connectivity index (χ1v) is 12.4. The number of fused-ring (bicyclic) bond motifs is 2. The first-order chi connectivity index (χ1) is 15.5. The number of hydrogen-bond donors (Lipinski definition) is 2. The van der Waals surface area contributed by atoms with Crippen LogP contribution in [0.2, 0.25) is 0 Å². The Morgan fingerprint density at radius 3 is 2.66 bits per heavy atom. The van der Waals surface area contributed by atoms with Crippen molar-refractivity contribution in [3.05, 3.63) is 30.0 Å². The largest absolute Gasteiger partial charge is 0.394 e. The molecule has 1 saturated heterocycles. The summed E-state index contributed by atoms with van der Waals surface area (Å²) in [4.78, 5) is 14.6. The smallest absolute Gasteiger partial charge is 0.227 e. The number of aryl methyl sites for hydroxylation is 1. The number of aliphatic hydroxyl groups excluding tert-OH is 1. The van der Waals surface area contributed by atoms with Crippen molar-refractivity contribution in [1.82, 2.24) is 15.1 Å². The third kappa shape index (κ3) is 3.81. The average molecular weight is 457 g/mol. The van der Waals surface area contributed by atoms with Crippen LogP contribution in [-0.4, -0.2) is 69.0 Å². The predicted octanol–water partition coefficient (Wildman–Crippen LogP) is 2.04. The van der Waals surface area contributed by atoms with Crippen LogP contribution in [0.1, 0.15) is 19.5 Å². The summed E-state index contributed by atoms with van der Waals surface area (Å²) in [7, 11) is -1.11. The van der Waals surface area contributed by atoms with Crippen molar-refractivity contribution < 1.29 is 13.8 Å². The number of nitrogens with zero attached hydrogens (tertiary/aromatic N) is 5. The molecule has 0 saturated carbocycles. The van der Waals surface area contributed by atoms with Gasteiger partial charge in [0.2, 0.25) is 5.95 Å². The standard InChI is InChI=1S/C22H28N6O3S/c1-14(2)17(13-29)23-20-19-16(7-12-32(19)30)24-22(25-20)28-10-8-27(9-11-28)21-15-5-3-4-6-18(15)31-26-21/h3-6,14,17,29H,7-13H2,1-2H3,(H,23,24,25)/t17?,32-/m1/s1. The Hall–Kier alpha value is -2.72. The van der Waals surface area contributed by atoms with Crippen LogP contribution < -0.4 is 15.1 Å². The van der Waals surface area contributed by atoms with Crippen molar-refractivity contribution >= 4 is 39.4 Å². The molecule has 3 aromatic rings. The zero-order chi connectivity index (χ0) is 22.2. The minimum Gasteiger partial charge on any atom is -0.394 e. The highest BCUT2D eigenvalue weighted by Gasteiger charge is 2.30. The van der Waals surface area contributed by atoms with Crippen molar-refractivity contribution in [3.8, 4) is 0 Å². The summed E-state index contributed by atoms with van der Waals surface area (Å²) in [6.45, 7) is 7.11. The summed E-state index contributed by atoms with van der Waals surface area (Å²) < 4.78 is 18.1. The van der Waals surface area contributed by atoms with Crippen LogP contribution in [0.5, 0.6) is 0 Å². The fraction of sp³-hybridized carbons (Fsp3) is 0.500. The van der Waals surface area contributed by atoms with Gasteiger partial charge in [-0.2, -0.15) is 4.98 Å². The number of aromatic nitrogens is 3. The molecule has 5 rings (SSSR count). The molecule has 2 N–H and O–H groups in total. The molecule has 0 amide bonds. The molecule has 32 heavy (non-hydrogen) atoms. The molecule has 2 atom stereocenters. The van der Waals surface area contributed by atoms with Gasteiger partial charge in [-0.3, -0.25) is 4.21 Å². The molecule has 170 valence electrons. The highest BCUT2D eigenvalue weighted by Crippen LogP contribution is 2.32. The normalized spacial score (nSPS) is 19.6. The minimum absolute atomic E-state index is 0.0112. The lowest BCUT2D eigenvalue weighted by molar-refractivity contribution is 0.249. The Morgan fingerprint density at radius 1 is 1.16 bits per heavy atom. The number of anilines is 3. The van der Waals surface area contributed by atoms with Crippen LogP contribution in [0.4, 0.5) is 17.6 Å². The number of para-hydroxylation sites is 1. The number of rotatable bonds is 6. The van der Waals surface area contributed by atoms with Crippen molar-refractivity contribution in [2.24, 2.45) is 5.92 Å². The van der Waals surface area contributed by atoms with E-state index in [2.05, 4.69) is 20.3 Å². The maximum Gasteiger partial charge on any atom is 0.227 e. The van der Waals surface area contributed by atoms with Crippen LogP contribution in [0.15, 0.2) is 33.7 Å². The Morgan fingerprint density at radius 2 is 1.91 bits per heavy atom. The quantitative estimate of drug-likeness (QED) is 0.576. The molecular formula is C22H28N6O3S. The van der Waals surface area contributed by atoms with Gasteiger partial charge >= 0.3 is 0 Å². The molecule has 1 fully saturated rings. The number of piperazine rings is 1. The van der Waals surface area contributed by atoms with Gasteiger partial charge in [-0.15, -0.1) is 0 Å². The van der Waals surface area contributed by atoms with E-state index in [1.54, 1.807) is 0 Å². The van der Waals surface area contributed by atoms with Crippen LogP contribution in [0, 0.1) is 5.92 Å². The molecule has 0 radical (unpaired) electrons. The van der Waals surface area contributed by atoms with Crippen molar-refractivity contribution in [2.45, 2.75) is 31.2 Å². The SMILES string of the molecule is CC(C)C(CO)Nc1nc(N2CCN(c3noc4ccccc34)CC2)nc2c1[S@](=O)CC2. The summed E-state index contributed by atoms with van der Waals surface area (Å²) in [5.74, 6) is 2.90. The van der Waals surface area contributed by atoms with E-state index in [1.165, 1.54) is 0 Å². The molecule has 4 heterocycles. The monoisotopic (exact) mass is 456 g/mol. The highest BCUT2D eigenvalue weighted by molar-refractivity contribution is 7.85. The van der Waals surface area contributed by atoms with E-state index in [1.807, 2.05) is 38.1 Å². The molecule has 0 spiro atoms. The molecule has 10 heteroatoms. The fourth-order valence-electron chi connectivity index (χ4n) is 4.24. The number of hydrogen-bond acceptors (Lipinski definition) is 9. The summed E-state index contributed by atoms with van der Waals surface area (Å²) in [6, 6.07) is 7.74. The Bertz CT molecular complexity index is 1140. The Balaban J connectivity index is 1.37. The van der Waals surface area contributed by atoms with E-state index in [-0.39, 0.29) is 18.6 Å². The van der Waals surface area contributed by atoms with E-state index in [9.17, 15) is 9.32 Å². The lowest BCUT2D eigenvalue weighted by Crippen LogP contribution is -2.47. The van der Waals surface area contributed by atoms with Crippen LogP contribution in [0.25, 0.3) is 11.0 Å². The van der Waals surface area contributed by atoms with Gasteiger partial charge < -0.3 is 24.7 Å². The van der Waals surface area contributed by atoms with E-state index < -0.39 is 10.8 Å². The second-order valence-electron chi connectivity index (χ2n) is 8.60. The topological polar surface area (TPSA) is 108 Å². The molecule has 0 aliphatic carbocycles. The average Bonchev–Trinajstić information content (AvgIpc) is 3.41. The van der Waals surface area contributed by atoms with Gasteiger partial charge in [0, 0.05) is 38.4 Å². The van der Waals surface area contributed by atoms with E-state index in [0.717, 1.165) is 48.7 Å². The van der Waals surface area contributed by atoms with Crippen molar-refractivity contribution in [2.75, 3.05) is 53.7 Å². The van der Waals surface area contributed by atoms with E-state index in [0.29, 0.717) is 28.8 Å². The third-order valence-electron chi connectivity index (χ3n) is 6.22. The number of aliphatic hydroxyl groups is 1. The van der Waals surface area contributed by atoms with Gasteiger partial charge in [0.1, 0.15) is 10.7 Å². The fourth-order valence-corrected chi connectivity index (χ4v) is 5.55. The first-order valence-electron chi connectivity index (χ1n) is 11.1. The summed E-state index contributed by atoms with van der Waals surface area (Å²) in [6.07, 6.45) is 0.683. The van der Waals surface area contributed by atoms with E-state index in [4.69, 9.17) is 14.5 Å². The van der Waals surface area contributed by atoms with Crippen LogP contribution >= 0.6 is 0 Å². The lowest BCUT2D eigenvalue weighted by Gasteiger charge is -2.35. The number of benzene rings is 1. The van der Waals surface area contributed by atoms with Crippen molar-refractivity contribution in [1.29, 1.82) is 0 Å². The molecular weight excluding hydrogens is 428 g/mol. The van der Waals surface area contributed by atoms with Crippen molar-refractivity contribution in [3.63, 3.8) is 0 Å². The number of nitrogens with one attached hydrogen (secondary N) is 1. The van der Waals surface area contributed by atoms with Gasteiger partial charge in [-0.25, -0.2) is 4.98 Å². The van der Waals surface area contributed by atoms with Gasteiger partial charge in [0.15, 0.2) is 11.4 Å². The van der Waals surface area contributed by atoms with Gasteiger partial charge in [0.05, 0.1) is 34.5 Å². The van der Waals surface area contributed by atoms with Crippen LogP contribution in [-0.2, 0) is 17.2 Å². The zero-order valence-corrected chi connectivity index (χ0v) is 19.1. The maximum absolute atomic E-state index is 12.6. The second-order valence-corrected chi connectivity index (χ2v) is 10.1. The lowest BCUT2D eigenvalue weighted by atomic mass is 10.1. The predicted molar refractivity (Wildman–Crippen MR) is 125 cm³/mol. The molecule has 0 bridgehead atoms. The summed E-state index contributed by atoms with van der Waals surface area (Å²) in [5.41, 5.74) is 1.64. The molecule has 1 aromatic carbocycles. The first kappa shape index (κ1) is 21.1. The zero-order valence-electron chi connectivity index (χ0n) is 18.3. The Labute approximate surface area is 189 Å². The van der Waals surface area contributed by atoms with Crippen LogP contribution in [0.3, 0.4) is 0 Å². The molecule has 9 nitrogen and oxygen atoms in total. The second kappa shape index (κ2) is 8.67. The van der Waals surface area contributed by atoms with Gasteiger partial charge in [-0.05, 0) is 18.1 Å². The Kier molecular flexibility index (Phi) is 5.73.